The second kappa shape index (κ2) is 4.76. The van der Waals surface area contributed by atoms with Crippen molar-refractivity contribution in [2.75, 3.05) is 5.32 Å². The molecule has 1 aromatic heterocycles. The summed E-state index contributed by atoms with van der Waals surface area (Å²) >= 11 is 0. The molecule has 1 amide bonds. The lowest BCUT2D eigenvalue weighted by molar-refractivity contribution is 0.102. The Morgan fingerprint density at radius 1 is 1.29 bits per heavy atom. The second-order valence-corrected chi connectivity index (χ2v) is 6.50. The fourth-order valence-corrected chi connectivity index (χ4v) is 3.23. The van der Waals surface area contributed by atoms with Crippen molar-refractivity contribution in [1.29, 1.82) is 0 Å². The topological polar surface area (TPSA) is 42.2 Å². The Morgan fingerprint density at radius 2 is 2.05 bits per heavy atom. The lowest BCUT2D eigenvalue weighted by atomic mass is 9.86. The highest BCUT2D eigenvalue weighted by atomic mass is 16.3. The molecule has 1 aliphatic rings. The van der Waals surface area contributed by atoms with Gasteiger partial charge in [-0.1, -0.05) is 26.0 Å². The van der Waals surface area contributed by atoms with Crippen molar-refractivity contribution < 1.29 is 9.21 Å². The molecule has 1 N–H and O–H groups in total. The third kappa shape index (κ3) is 2.37. The number of benzene rings is 1. The van der Waals surface area contributed by atoms with Crippen LogP contribution in [0, 0.1) is 13.8 Å². The molecule has 2 aromatic rings. The van der Waals surface area contributed by atoms with Crippen molar-refractivity contribution in [3.63, 3.8) is 0 Å². The van der Waals surface area contributed by atoms with Gasteiger partial charge in [0.25, 0.3) is 5.91 Å². The molecule has 3 heteroatoms. The SMILES string of the molecule is Cc1cc(C(=O)Nc2cccc3c2CCC3(C)C)c(C)o1. The van der Waals surface area contributed by atoms with E-state index in [1.54, 1.807) is 6.07 Å². The normalized spacial score (nSPS) is 15.8. The van der Waals surface area contributed by atoms with Crippen molar-refractivity contribution in [1.82, 2.24) is 0 Å². The summed E-state index contributed by atoms with van der Waals surface area (Å²) in [6.07, 6.45) is 2.14. The van der Waals surface area contributed by atoms with E-state index in [1.165, 1.54) is 11.1 Å². The number of furan rings is 1. The molecule has 110 valence electrons. The van der Waals surface area contributed by atoms with E-state index in [2.05, 4.69) is 25.2 Å². The molecule has 3 rings (SSSR count). The summed E-state index contributed by atoms with van der Waals surface area (Å²) in [6.45, 7) is 8.19. The molecular formula is C18H21NO2. The summed E-state index contributed by atoms with van der Waals surface area (Å²) in [5.74, 6) is 1.33. The molecule has 3 nitrogen and oxygen atoms in total. The van der Waals surface area contributed by atoms with Crippen LogP contribution in [0.2, 0.25) is 0 Å². The van der Waals surface area contributed by atoms with Crippen LogP contribution < -0.4 is 5.32 Å². The summed E-state index contributed by atoms with van der Waals surface area (Å²) in [6, 6.07) is 7.97. The first-order chi connectivity index (χ1) is 9.88. The fraction of sp³-hybridized carbons (Fsp3) is 0.389. The lowest BCUT2D eigenvalue weighted by Crippen LogP contribution is -2.15. The molecule has 0 radical (unpaired) electrons. The highest BCUT2D eigenvalue weighted by Crippen LogP contribution is 2.41. The van der Waals surface area contributed by atoms with Crippen molar-refractivity contribution in [2.24, 2.45) is 0 Å². The molecule has 1 aromatic carbocycles. The van der Waals surface area contributed by atoms with Gasteiger partial charge >= 0.3 is 0 Å². The number of fused-ring (bicyclic) bond motifs is 1. The number of anilines is 1. The first-order valence-corrected chi connectivity index (χ1v) is 7.39. The summed E-state index contributed by atoms with van der Waals surface area (Å²) in [7, 11) is 0. The Bertz CT molecular complexity index is 710. The van der Waals surface area contributed by atoms with Gasteiger partial charge in [-0.25, -0.2) is 0 Å². The molecule has 0 spiro atoms. The molecule has 0 atom stereocenters. The maximum Gasteiger partial charge on any atom is 0.259 e. The number of carbonyl (C=O) groups excluding carboxylic acids is 1. The standard InChI is InChI=1S/C18H21NO2/c1-11-10-14(12(2)21-11)17(20)19-16-7-5-6-15-13(16)8-9-18(15,3)4/h5-7,10H,8-9H2,1-4H3,(H,19,20). The smallest absolute Gasteiger partial charge is 0.259 e. The van der Waals surface area contributed by atoms with Crippen LogP contribution in [0.1, 0.15) is 53.3 Å². The highest BCUT2D eigenvalue weighted by Gasteiger charge is 2.31. The zero-order chi connectivity index (χ0) is 15.2. The third-order valence-corrected chi connectivity index (χ3v) is 4.44. The van der Waals surface area contributed by atoms with Gasteiger partial charge in [-0.05, 0) is 55.4 Å². The maximum absolute atomic E-state index is 12.4. The van der Waals surface area contributed by atoms with E-state index in [-0.39, 0.29) is 11.3 Å². The molecule has 0 fully saturated rings. The van der Waals surface area contributed by atoms with Gasteiger partial charge in [0.15, 0.2) is 0 Å². The van der Waals surface area contributed by atoms with Gasteiger partial charge in [-0.15, -0.1) is 0 Å². The van der Waals surface area contributed by atoms with Crippen LogP contribution >= 0.6 is 0 Å². The molecule has 0 aliphatic heterocycles. The van der Waals surface area contributed by atoms with E-state index in [0.29, 0.717) is 11.3 Å². The van der Waals surface area contributed by atoms with Crippen LogP contribution in [0.15, 0.2) is 28.7 Å². The molecule has 0 saturated carbocycles. The largest absolute Gasteiger partial charge is 0.466 e. The fourth-order valence-electron chi connectivity index (χ4n) is 3.23. The molecular weight excluding hydrogens is 262 g/mol. The summed E-state index contributed by atoms with van der Waals surface area (Å²) < 4.78 is 5.44. The van der Waals surface area contributed by atoms with Crippen molar-refractivity contribution in [3.05, 3.63) is 52.5 Å². The van der Waals surface area contributed by atoms with Crippen molar-refractivity contribution in [2.45, 2.75) is 46.0 Å². The van der Waals surface area contributed by atoms with E-state index in [0.717, 1.165) is 24.3 Å². The highest BCUT2D eigenvalue weighted by molar-refractivity contribution is 6.05. The summed E-state index contributed by atoms with van der Waals surface area (Å²) in [4.78, 5) is 12.4. The predicted molar refractivity (Wildman–Crippen MR) is 83.9 cm³/mol. The summed E-state index contributed by atoms with van der Waals surface area (Å²) in [5, 5.41) is 3.05. The monoisotopic (exact) mass is 283 g/mol. The van der Waals surface area contributed by atoms with Crippen LogP contribution in [0.25, 0.3) is 0 Å². The lowest BCUT2D eigenvalue weighted by Gasteiger charge is -2.19. The zero-order valence-electron chi connectivity index (χ0n) is 13.0. The number of nitrogens with one attached hydrogen (secondary N) is 1. The Kier molecular flexibility index (Phi) is 3.16. The molecule has 1 aliphatic carbocycles. The molecule has 0 bridgehead atoms. The number of aryl methyl sites for hydroxylation is 2. The Labute approximate surface area is 125 Å². The number of hydrogen-bond donors (Lipinski definition) is 1. The quantitative estimate of drug-likeness (QED) is 0.889. The van der Waals surface area contributed by atoms with Gasteiger partial charge in [-0.2, -0.15) is 0 Å². The van der Waals surface area contributed by atoms with E-state index >= 15 is 0 Å². The summed E-state index contributed by atoms with van der Waals surface area (Å²) in [5.41, 5.74) is 4.36. The molecule has 0 saturated heterocycles. The molecule has 0 unspecified atom stereocenters. The van der Waals surface area contributed by atoms with Gasteiger partial charge in [0.05, 0.1) is 5.56 Å². The number of carbonyl (C=O) groups is 1. The van der Waals surface area contributed by atoms with Gasteiger partial charge in [0.1, 0.15) is 11.5 Å². The Balaban J connectivity index is 1.92. The van der Waals surface area contributed by atoms with Crippen LogP contribution in [-0.2, 0) is 11.8 Å². The Morgan fingerprint density at radius 3 is 2.71 bits per heavy atom. The van der Waals surface area contributed by atoms with Gasteiger partial charge < -0.3 is 9.73 Å². The van der Waals surface area contributed by atoms with Crippen LogP contribution in [0.3, 0.4) is 0 Å². The number of hydrogen-bond acceptors (Lipinski definition) is 2. The van der Waals surface area contributed by atoms with Crippen LogP contribution in [0.4, 0.5) is 5.69 Å². The Hall–Kier alpha value is -2.03. The van der Waals surface area contributed by atoms with E-state index in [1.807, 2.05) is 26.0 Å². The van der Waals surface area contributed by atoms with Crippen molar-refractivity contribution >= 4 is 11.6 Å². The molecule has 1 heterocycles. The minimum absolute atomic E-state index is 0.0949. The van der Waals surface area contributed by atoms with Gasteiger partial charge in [0, 0.05) is 5.69 Å². The minimum Gasteiger partial charge on any atom is -0.466 e. The van der Waals surface area contributed by atoms with E-state index in [9.17, 15) is 4.79 Å². The van der Waals surface area contributed by atoms with E-state index < -0.39 is 0 Å². The minimum atomic E-state index is -0.0949. The van der Waals surface area contributed by atoms with Gasteiger partial charge in [0.2, 0.25) is 0 Å². The average molecular weight is 283 g/mol. The van der Waals surface area contributed by atoms with Crippen LogP contribution in [-0.4, -0.2) is 5.91 Å². The third-order valence-electron chi connectivity index (χ3n) is 4.44. The predicted octanol–water partition coefficient (Wildman–Crippen LogP) is 4.37. The number of rotatable bonds is 2. The first kappa shape index (κ1) is 13.9. The maximum atomic E-state index is 12.4. The average Bonchev–Trinajstić information content (AvgIpc) is 2.91. The molecule has 21 heavy (non-hydrogen) atoms. The zero-order valence-corrected chi connectivity index (χ0v) is 13.0. The first-order valence-electron chi connectivity index (χ1n) is 7.39. The van der Waals surface area contributed by atoms with Crippen LogP contribution in [0.5, 0.6) is 0 Å². The van der Waals surface area contributed by atoms with Crippen molar-refractivity contribution in [3.8, 4) is 0 Å². The van der Waals surface area contributed by atoms with Gasteiger partial charge in [-0.3, -0.25) is 4.79 Å². The van der Waals surface area contributed by atoms with E-state index in [4.69, 9.17) is 4.42 Å². The number of amides is 1. The second-order valence-electron chi connectivity index (χ2n) is 6.50.